The number of carbonyl (C=O) groups is 1. The second kappa shape index (κ2) is 7.42. The summed E-state index contributed by atoms with van der Waals surface area (Å²) in [6.45, 7) is 2.24. The predicted octanol–water partition coefficient (Wildman–Crippen LogP) is 1.91. The summed E-state index contributed by atoms with van der Waals surface area (Å²) in [4.78, 5) is 20.2. The van der Waals surface area contributed by atoms with Crippen molar-refractivity contribution < 1.29 is 9.53 Å². The standard InChI is InChI=1S/C15H14ClN5O2/c1-2-23-15-10(6-17)12(18)5-13(21-15)14(22)20-8-9-7-19-4-3-11(9)16/h3-5,7H,2,8H2,1H3,(H2,18,21)(H,20,22). The quantitative estimate of drug-likeness (QED) is 0.865. The smallest absolute Gasteiger partial charge is 0.270 e. The maximum Gasteiger partial charge on any atom is 0.270 e. The van der Waals surface area contributed by atoms with Gasteiger partial charge in [-0.25, -0.2) is 4.98 Å². The first-order valence-corrected chi connectivity index (χ1v) is 7.14. The zero-order valence-electron chi connectivity index (χ0n) is 12.3. The van der Waals surface area contributed by atoms with Crippen LogP contribution in [0.25, 0.3) is 0 Å². The van der Waals surface area contributed by atoms with Gasteiger partial charge < -0.3 is 15.8 Å². The van der Waals surface area contributed by atoms with Crippen molar-refractivity contribution in [3.8, 4) is 11.9 Å². The van der Waals surface area contributed by atoms with Crippen LogP contribution in [0.5, 0.6) is 5.88 Å². The number of hydrogen-bond acceptors (Lipinski definition) is 6. The Bertz CT molecular complexity index is 773. The second-order valence-electron chi connectivity index (χ2n) is 4.47. The maximum atomic E-state index is 12.2. The van der Waals surface area contributed by atoms with Gasteiger partial charge in [0.2, 0.25) is 5.88 Å². The fourth-order valence-corrected chi connectivity index (χ4v) is 1.99. The van der Waals surface area contributed by atoms with Gasteiger partial charge in [-0.1, -0.05) is 11.6 Å². The highest BCUT2D eigenvalue weighted by atomic mass is 35.5. The van der Waals surface area contributed by atoms with Gasteiger partial charge in [0.05, 0.1) is 12.3 Å². The summed E-state index contributed by atoms with van der Waals surface area (Å²) in [5, 5.41) is 12.2. The number of carbonyl (C=O) groups excluding carboxylic acids is 1. The molecule has 2 aromatic heterocycles. The van der Waals surface area contributed by atoms with E-state index in [0.717, 1.165) is 0 Å². The Morgan fingerprint density at radius 1 is 1.57 bits per heavy atom. The van der Waals surface area contributed by atoms with Crippen LogP contribution >= 0.6 is 11.6 Å². The lowest BCUT2D eigenvalue weighted by atomic mass is 10.2. The number of hydrogen-bond donors (Lipinski definition) is 2. The summed E-state index contributed by atoms with van der Waals surface area (Å²) in [5.41, 5.74) is 6.76. The first-order valence-electron chi connectivity index (χ1n) is 6.76. The Hall–Kier alpha value is -2.85. The van der Waals surface area contributed by atoms with Gasteiger partial charge in [0.15, 0.2) is 0 Å². The fourth-order valence-electron chi connectivity index (χ4n) is 1.82. The van der Waals surface area contributed by atoms with Crippen molar-refractivity contribution in [3.63, 3.8) is 0 Å². The van der Waals surface area contributed by atoms with Gasteiger partial charge in [0.1, 0.15) is 17.3 Å². The molecule has 0 aromatic carbocycles. The van der Waals surface area contributed by atoms with Crippen molar-refractivity contribution in [2.75, 3.05) is 12.3 Å². The van der Waals surface area contributed by atoms with E-state index in [0.29, 0.717) is 17.2 Å². The average molecular weight is 332 g/mol. The van der Waals surface area contributed by atoms with E-state index in [4.69, 9.17) is 27.3 Å². The molecule has 0 aliphatic carbocycles. The van der Waals surface area contributed by atoms with Crippen LogP contribution in [0.1, 0.15) is 28.5 Å². The fraction of sp³-hybridized carbons (Fsp3) is 0.200. The molecule has 0 radical (unpaired) electrons. The molecular formula is C15H14ClN5O2. The van der Waals surface area contributed by atoms with Crippen molar-refractivity contribution >= 4 is 23.2 Å². The Balaban J connectivity index is 2.19. The van der Waals surface area contributed by atoms with Gasteiger partial charge in [-0.15, -0.1) is 0 Å². The van der Waals surface area contributed by atoms with E-state index in [9.17, 15) is 4.79 Å². The average Bonchev–Trinajstić information content (AvgIpc) is 2.54. The molecule has 0 saturated carbocycles. The largest absolute Gasteiger partial charge is 0.477 e. The Kier molecular flexibility index (Phi) is 5.33. The number of anilines is 1. The van der Waals surface area contributed by atoms with Crippen LogP contribution < -0.4 is 15.8 Å². The van der Waals surface area contributed by atoms with Gasteiger partial charge in [-0.2, -0.15) is 5.26 Å². The molecule has 0 spiro atoms. The van der Waals surface area contributed by atoms with Gasteiger partial charge in [-0.3, -0.25) is 9.78 Å². The van der Waals surface area contributed by atoms with E-state index in [-0.39, 0.29) is 29.4 Å². The third kappa shape index (κ3) is 3.87. The molecule has 0 aliphatic rings. The van der Waals surface area contributed by atoms with Crippen LogP contribution in [0, 0.1) is 11.3 Å². The summed E-state index contributed by atoms with van der Waals surface area (Å²) in [6, 6.07) is 4.88. The Labute approximate surface area is 138 Å². The first-order chi connectivity index (χ1) is 11.1. The lowest BCUT2D eigenvalue weighted by Gasteiger charge is -2.10. The number of ether oxygens (including phenoxy) is 1. The van der Waals surface area contributed by atoms with Crippen LogP contribution in [-0.4, -0.2) is 22.5 Å². The molecule has 2 heterocycles. The first kappa shape index (κ1) is 16.5. The summed E-state index contributed by atoms with van der Waals surface area (Å²) in [5.74, 6) is -0.415. The zero-order valence-corrected chi connectivity index (χ0v) is 13.1. The van der Waals surface area contributed by atoms with Crippen molar-refractivity contribution in [2.24, 2.45) is 0 Å². The van der Waals surface area contributed by atoms with Crippen LogP contribution in [0.15, 0.2) is 24.5 Å². The molecule has 3 N–H and O–H groups in total. The zero-order chi connectivity index (χ0) is 16.8. The highest BCUT2D eigenvalue weighted by Crippen LogP contribution is 2.22. The summed E-state index contributed by atoms with van der Waals surface area (Å²) >= 11 is 6.00. The molecule has 0 saturated heterocycles. The van der Waals surface area contributed by atoms with E-state index < -0.39 is 5.91 Å². The van der Waals surface area contributed by atoms with Crippen molar-refractivity contribution in [1.82, 2.24) is 15.3 Å². The van der Waals surface area contributed by atoms with E-state index in [1.165, 1.54) is 6.07 Å². The van der Waals surface area contributed by atoms with E-state index in [1.54, 1.807) is 25.4 Å². The van der Waals surface area contributed by atoms with E-state index in [2.05, 4.69) is 15.3 Å². The molecule has 0 bridgehead atoms. The molecular weight excluding hydrogens is 318 g/mol. The van der Waals surface area contributed by atoms with Crippen molar-refractivity contribution in [2.45, 2.75) is 13.5 Å². The number of pyridine rings is 2. The van der Waals surface area contributed by atoms with Gasteiger partial charge in [0, 0.05) is 29.5 Å². The summed E-state index contributed by atoms with van der Waals surface area (Å²) < 4.78 is 5.26. The molecule has 0 aliphatic heterocycles. The molecule has 0 unspecified atom stereocenters. The number of nitrogens with zero attached hydrogens (tertiary/aromatic N) is 3. The lowest BCUT2D eigenvalue weighted by Crippen LogP contribution is -2.24. The van der Waals surface area contributed by atoms with Gasteiger partial charge in [0.25, 0.3) is 5.91 Å². The van der Waals surface area contributed by atoms with E-state index >= 15 is 0 Å². The van der Waals surface area contributed by atoms with E-state index in [1.807, 2.05) is 6.07 Å². The number of nitrogen functional groups attached to an aromatic ring is 1. The van der Waals surface area contributed by atoms with Gasteiger partial charge in [-0.05, 0) is 19.1 Å². The lowest BCUT2D eigenvalue weighted by molar-refractivity contribution is 0.0945. The molecule has 23 heavy (non-hydrogen) atoms. The van der Waals surface area contributed by atoms with Crippen molar-refractivity contribution in [3.05, 3.63) is 46.4 Å². The molecule has 0 atom stereocenters. The van der Waals surface area contributed by atoms with Crippen molar-refractivity contribution in [1.29, 1.82) is 5.26 Å². The maximum absolute atomic E-state index is 12.2. The van der Waals surface area contributed by atoms with Crippen LogP contribution in [0.4, 0.5) is 5.69 Å². The molecule has 0 fully saturated rings. The Morgan fingerprint density at radius 2 is 2.35 bits per heavy atom. The molecule has 1 amide bonds. The number of nitrogens with two attached hydrogens (primary N) is 1. The SMILES string of the molecule is CCOc1nc(C(=O)NCc2cnccc2Cl)cc(N)c1C#N. The number of halogens is 1. The molecule has 7 nitrogen and oxygen atoms in total. The summed E-state index contributed by atoms with van der Waals surface area (Å²) in [7, 11) is 0. The molecule has 118 valence electrons. The minimum atomic E-state index is -0.456. The highest BCUT2D eigenvalue weighted by molar-refractivity contribution is 6.31. The van der Waals surface area contributed by atoms with Crippen LogP contribution in [-0.2, 0) is 6.54 Å². The molecule has 2 aromatic rings. The number of nitrogens with one attached hydrogen (secondary N) is 1. The molecule has 2 rings (SSSR count). The predicted molar refractivity (Wildman–Crippen MR) is 85.0 cm³/mol. The number of nitriles is 1. The third-order valence-electron chi connectivity index (χ3n) is 2.93. The van der Waals surface area contributed by atoms with Crippen LogP contribution in [0.3, 0.4) is 0 Å². The number of rotatable bonds is 5. The third-order valence-corrected chi connectivity index (χ3v) is 3.29. The topological polar surface area (TPSA) is 114 Å². The molecule has 8 heteroatoms. The second-order valence-corrected chi connectivity index (χ2v) is 4.88. The minimum absolute atomic E-state index is 0.0413. The highest BCUT2D eigenvalue weighted by Gasteiger charge is 2.16. The van der Waals surface area contributed by atoms with Gasteiger partial charge >= 0.3 is 0 Å². The number of aromatic nitrogens is 2. The van der Waals surface area contributed by atoms with Crippen LogP contribution in [0.2, 0.25) is 5.02 Å². The normalized spacial score (nSPS) is 9.96. The number of amides is 1. The monoisotopic (exact) mass is 331 g/mol. The minimum Gasteiger partial charge on any atom is -0.477 e. The Morgan fingerprint density at radius 3 is 3.00 bits per heavy atom. The summed E-state index contributed by atoms with van der Waals surface area (Å²) in [6.07, 6.45) is 3.12.